The molecule has 1 aliphatic heterocycles. The predicted octanol–water partition coefficient (Wildman–Crippen LogP) is 2.12. The van der Waals surface area contributed by atoms with Crippen LogP contribution < -0.4 is 0 Å². The first kappa shape index (κ1) is 13.5. The average Bonchev–Trinajstić information content (AvgIpc) is 2.32. The van der Waals surface area contributed by atoms with Gasteiger partial charge in [-0.3, -0.25) is 9.69 Å². The number of hydrogen-bond acceptors (Lipinski definition) is 3. The fourth-order valence-electron chi connectivity index (χ4n) is 2.09. The molecule has 1 fully saturated rings. The zero-order valence-corrected chi connectivity index (χ0v) is 11.6. The van der Waals surface area contributed by atoms with E-state index in [0.29, 0.717) is 13.2 Å². The minimum atomic E-state index is -0.800. The third kappa shape index (κ3) is 4.08. The lowest BCUT2D eigenvalue weighted by Crippen LogP contribution is -2.42. The first-order chi connectivity index (χ1) is 8.63. The van der Waals surface area contributed by atoms with E-state index in [1.54, 1.807) is 0 Å². The van der Waals surface area contributed by atoms with Gasteiger partial charge in [-0.05, 0) is 17.7 Å². The van der Waals surface area contributed by atoms with Crippen LogP contribution in [0.1, 0.15) is 12.0 Å². The molecule has 98 valence electrons. The van der Waals surface area contributed by atoms with Gasteiger partial charge in [0.25, 0.3) is 0 Å². The van der Waals surface area contributed by atoms with Gasteiger partial charge in [-0.1, -0.05) is 28.1 Å². The molecule has 0 amide bonds. The fraction of sp³-hybridized carbons (Fsp3) is 0.462. The summed E-state index contributed by atoms with van der Waals surface area (Å²) in [5, 5.41) is 8.77. The van der Waals surface area contributed by atoms with Gasteiger partial charge in [-0.25, -0.2) is 0 Å². The zero-order chi connectivity index (χ0) is 13.0. The minimum Gasteiger partial charge on any atom is -0.481 e. The van der Waals surface area contributed by atoms with Crippen LogP contribution in [-0.2, 0) is 16.1 Å². The number of nitrogens with zero attached hydrogens (tertiary/aromatic N) is 1. The molecule has 1 N–H and O–H groups in total. The quantitative estimate of drug-likeness (QED) is 0.925. The van der Waals surface area contributed by atoms with E-state index in [0.717, 1.165) is 17.6 Å². The molecule has 0 spiro atoms. The van der Waals surface area contributed by atoms with Gasteiger partial charge in [-0.15, -0.1) is 0 Å². The van der Waals surface area contributed by atoms with E-state index in [2.05, 4.69) is 33.0 Å². The van der Waals surface area contributed by atoms with Crippen molar-refractivity contribution >= 4 is 21.9 Å². The Balaban J connectivity index is 1.89. The van der Waals surface area contributed by atoms with Gasteiger partial charge < -0.3 is 9.84 Å². The third-order valence-electron chi connectivity index (χ3n) is 2.94. The second-order valence-corrected chi connectivity index (χ2v) is 5.37. The van der Waals surface area contributed by atoms with Crippen molar-refractivity contribution < 1.29 is 14.6 Å². The van der Waals surface area contributed by atoms with Crippen molar-refractivity contribution in [3.05, 3.63) is 34.3 Å². The standard InChI is InChI=1S/C13H16BrNO3/c14-11-3-1-10(2-4-11)8-15-5-6-18-12(9-15)7-13(16)17/h1-4,12H,5-9H2,(H,16,17). The van der Waals surface area contributed by atoms with Crippen LogP contribution in [0.5, 0.6) is 0 Å². The molecule has 1 atom stereocenters. The number of rotatable bonds is 4. The Morgan fingerprint density at radius 2 is 2.17 bits per heavy atom. The molecule has 1 aromatic carbocycles. The Kier molecular flexibility index (Phi) is 4.74. The second-order valence-electron chi connectivity index (χ2n) is 4.45. The summed E-state index contributed by atoms with van der Waals surface area (Å²) < 4.78 is 6.51. The third-order valence-corrected chi connectivity index (χ3v) is 3.47. The van der Waals surface area contributed by atoms with E-state index in [1.807, 2.05) is 12.1 Å². The van der Waals surface area contributed by atoms with Gasteiger partial charge in [-0.2, -0.15) is 0 Å². The number of morpholine rings is 1. The first-order valence-corrected chi connectivity index (χ1v) is 6.73. The zero-order valence-electron chi connectivity index (χ0n) is 10.0. The summed E-state index contributed by atoms with van der Waals surface area (Å²) in [4.78, 5) is 12.9. The second kappa shape index (κ2) is 6.31. The summed E-state index contributed by atoms with van der Waals surface area (Å²) >= 11 is 3.41. The largest absolute Gasteiger partial charge is 0.481 e. The van der Waals surface area contributed by atoms with Crippen LogP contribution in [0.2, 0.25) is 0 Å². The molecule has 1 heterocycles. The van der Waals surface area contributed by atoms with Crippen molar-refractivity contribution in [1.29, 1.82) is 0 Å². The monoisotopic (exact) mass is 313 g/mol. The van der Waals surface area contributed by atoms with Crippen LogP contribution in [0, 0.1) is 0 Å². The van der Waals surface area contributed by atoms with Crippen LogP contribution in [0.15, 0.2) is 28.7 Å². The van der Waals surface area contributed by atoms with E-state index in [9.17, 15) is 4.79 Å². The number of benzene rings is 1. The van der Waals surface area contributed by atoms with Gasteiger partial charge in [0, 0.05) is 24.1 Å². The highest BCUT2D eigenvalue weighted by Crippen LogP contribution is 2.15. The Labute approximate surface area is 115 Å². The topological polar surface area (TPSA) is 49.8 Å². The highest BCUT2D eigenvalue weighted by Gasteiger charge is 2.22. The van der Waals surface area contributed by atoms with E-state index in [1.165, 1.54) is 5.56 Å². The summed E-state index contributed by atoms with van der Waals surface area (Å²) in [6.45, 7) is 2.98. The molecule has 0 bridgehead atoms. The van der Waals surface area contributed by atoms with Crippen molar-refractivity contribution in [2.75, 3.05) is 19.7 Å². The molecule has 0 aromatic heterocycles. The molecule has 2 rings (SSSR count). The van der Waals surface area contributed by atoms with E-state index in [-0.39, 0.29) is 12.5 Å². The Morgan fingerprint density at radius 3 is 2.83 bits per heavy atom. The summed E-state index contributed by atoms with van der Waals surface area (Å²) in [6.07, 6.45) is -0.108. The van der Waals surface area contributed by atoms with Gasteiger partial charge in [0.2, 0.25) is 0 Å². The van der Waals surface area contributed by atoms with Crippen molar-refractivity contribution in [3.63, 3.8) is 0 Å². The number of ether oxygens (including phenoxy) is 1. The molecular weight excluding hydrogens is 298 g/mol. The van der Waals surface area contributed by atoms with Crippen molar-refractivity contribution in [3.8, 4) is 0 Å². The van der Waals surface area contributed by atoms with Gasteiger partial charge >= 0.3 is 5.97 Å². The molecular formula is C13H16BrNO3. The normalized spacial score (nSPS) is 20.8. The summed E-state index contributed by atoms with van der Waals surface area (Å²) in [7, 11) is 0. The molecule has 4 nitrogen and oxygen atoms in total. The Bertz CT molecular complexity index is 407. The number of carboxylic acids is 1. The van der Waals surface area contributed by atoms with Crippen molar-refractivity contribution in [2.45, 2.75) is 19.1 Å². The van der Waals surface area contributed by atoms with Crippen LogP contribution in [-0.4, -0.2) is 41.8 Å². The smallest absolute Gasteiger partial charge is 0.306 e. The number of hydrogen-bond donors (Lipinski definition) is 1. The number of carbonyl (C=O) groups is 1. The van der Waals surface area contributed by atoms with Crippen LogP contribution >= 0.6 is 15.9 Å². The maximum Gasteiger partial charge on any atom is 0.306 e. The van der Waals surface area contributed by atoms with Crippen LogP contribution in [0.25, 0.3) is 0 Å². The number of halogens is 1. The Morgan fingerprint density at radius 1 is 1.44 bits per heavy atom. The van der Waals surface area contributed by atoms with Crippen LogP contribution in [0.3, 0.4) is 0 Å². The number of aliphatic carboxylic acids is 1. The van der Waals surface area contributed by atoms with E-state index in [4.69, 9.17) is 9.84 Å². The molecule has 18 heavy (non-hydrogen) atoms. The Hall–Kier alpha value is -0.910. The molecule has 0 radical (unpaired) electrons. The predicted molar refractivity (Wildman–Crippen MR) is 71.4 cm³/mol. The minimum absolute atomic E-state index is 0.0802. The number of carboxylic acid groups (broad SMARTS) is 1. The van der Waals surface area contributed by atoms with E-state index < -0.39 is 5.97 Å². The average molecular weight is 314 g/mol. The lowest BCUT2D eigenvalue weighted by atomic mass is 10.1. The highest BCUT2D eigenvalue weighted by atomic mass is 79.9. The molecule has 0 aliphatic carbocycles. The molecule has 1 aromatic rings. The molecule has 1 aliphatic rings. The van der Waals surface area contributed by atoms with E-state index >= 15 is 0 Å². The maximum atomic E-state index is 10.7. The summed E-state index contributed by atoms with van der Waals surface area (Å²) in [5.41, 5.74) is 1.23. The van der Waals surface area contributed by atoms with Crippen molar-refractivity contribution in [2.24, 2.45) is 0 Å². The summed E-state index contributed by atoms with van der Waals surface area (Å²) in [5.74, 6) is -0.800. The SMILES string of the molecule is O=C(O)CC1CN(Cc2ccc(Br)cc2)CCO1. The molecule has 0 saturated carbocycles. The lowest BCUT2D eigenvalue weighted by molar-refractivity contribution is -0.142. The van der Waals surface area contributed by atoms with Gasteiger partial charge in [0.15, 0.2) is 0 Å². The van der Waals surface area contributed by atoms with Crippen LogP contribution in [0.4, 0.5) is 0 Å². The fourth-order valence-corrected chi connectivity index (χ4v) is 2.35. The first-order valence-electron chi connectivity index (χ1n) is 5.93. The van der Waals surface area contributed by atoms with Gasteiger partial charge in [0.05, 0.1) is 19.1 Å². The highest BCUT2D eigenvalue weighted by molar-refractivity contribution is 9.10. The lowest BCUT2D eigenvalue weighted by Gasteiger charge is -2.32. The van der Waals surface area contributed by atoms with Crippen molar-refractivity contribution in [1.82, 2.24) is 4.90 Å². The van der Waals surface area contributed by atoms with Gasteiger partial charge in [0.1, 0.15) is 0 Å². The summed E-state index contributed by atoms with van der Waals surface area (Å²) in [6, 6.07) is 8.19. The molecule has 5 heteroatoms. The molecule has 1 saturated heterocycles. The maximum absolute atomic E-state index is 10.7. The molecule has 1 unspecified atom stereocenters.